The van der Waals surface area contributed by atoms with E-state index in [2.05, 4.69) is 4.98 Å². The molecule has 78 valence electrons. The molecule has 0 saturated heterocycles. The summed E-state index contributed by atoms with van der Waals surface area (Å²) in [6.45, 7) is 0. The van der Waals surface area contributed by atoms with Gasteiger partial charge < -0.3 is 4.90 Å². The number of aromatic nitrogens is 1. The van der Waals surface area contributed by atoms with Crippen LogP contribution in [0.25, 0.3) is 5.57 Å². The molecule has 6 heteroatoms. The van der Waals surface area contributed by atoms with Crippen LogP contribution in [0.4, 0.5) is 5.13 Å². The third-order valence-electron chi connectivity index (χ3n) is 1.71. The van der Waals surface area contributed by atoms with Crippen molar-refractivity contribution in [2.45, 2.75) is 0 Å². The second kappa shape index (κ2) is 4.93. The van der Waals surface area contributed by atoms with Gasteiger partial charge in [0.15, 0.2) is 5.13 Å². The molecule has 0 aliphatic rings. The quantitative estimate of drug-likeness (QED) is 0.717. The molecule has 1 rings (SSSR count). The average Bonchev–Trinajstić information content (AvgIpc) is 2.74. The minimum atomic E-state index is -0.184. The fourth-order valence-electron chi connectivity index (χ4n) is 0.958. The Bertz CT molecular complexity index is 531. The number of hydrogen-bond acceptors (Lipinski definition) is 6. The molecule has 0 aliphatic heterocycles. The fourth-order valence-corrected chi connectivity index (χ4v) is 1.80. The van der Waals surface area contributed by atoms with E-state index in [1.807, 2.05) is 20.2 Å². The Morgan fingerprint density at radius 2 is 1.88 bits per heavy atom. The van der Waals surface area contributed by atoms with E-state index in [-0.39, 0.29) is 11.1 Å². The summed E-state index contributed by atoms with van der Waals surface area (Å²) in [5, 5.41) is 27.0. The SMILES string of the molecule is CN(C)c1ncc(C(C#N)=C(C#N)C#N)s1. The van der Waals surface area contributed by atoms with Crippen molar-refractivity contribution in [1.82, 2.24) is 4.98 Å². The summed E-state index contributed by atoms with van der Waals surface area (Å²) in [5.41, 5.74) is -0.105. The van der Waals surface area contributed by atoms with Crippen LogP contribution in [0.5, 0.6) is 0 Å². The van der Waals surface area contributed by atoms with E-state index in [0.29, 0.717) is 4.88 Å². The van der Waals surface area contributed by atoms with Crippen LogP contribution >= 0.6 is 11.3 Å². The van der Waals surface area contributed by atoms with E-state index in [9.17, 15) is 0 Å². The van der Waals surface area contributed by atoms with Gasteiger partial charge >= 0.3 is 0 Å². The van der Waals surface area contributed by atoms with Crippen molar-refractivity contribution in [2.75, 3.05) is 19.0 Å². The summed E-state index contributed by atoms with van der Waals surface area (Å²) in [4.78, 5) is 6.40. The predicted octanol–water partition coefficient (Wildman–Crippen LogP) is 1.53. The molecule has 0 bridgehead atoms. The molecule has 0 spiro atoms. The van der Waals surface area contributed by atoms with E-state index in [0.717, 1.165) is 5.13 Å². The van der Waals surface area contributed by atoms with Crippen molar-refractivity contribution < 1.29 is 0 Å². The molecule has 5 nitrogen and oxygen atoms in total. The van der Waals surface area contributed by atoms with E-state index in [4.69, 9.17) is 15.8 Å². The molecule has 1 aromatic heterocycles. The number of nitriles is 3. The van der Waals surface area contributed by atoms with Gasteiger partial charge in [0.05, 0.1) is 10.5 Å². The first kappa shape index (κ1) is 11.7. The van der Waals surface area contributed by atoms with Crippen LogP contribution in [0.2, 0.25) is 0 Å². The first-order chi connectivity index (χ1) is 7.63. The van der Waals surface area contributed by atoms with Gasteiger partial charge in [-0.25, -0.2) is 4.98 Å². The molecule has 0 atom stereocenters. The van der Waals surface area contributed by atoms with E-state index in [1.54, 1.807) is 17.0 Å². The highest BCUT2D eigenvalue weighted by atomic mass is 32.1. The Labute approximate surface area is 97.1 Å². The number of allylic oxidation sites excluding steroid dienone is 2. The summed E-state index contributed by atoms with van der Waals surface area (Å²) in [5.74, 6) is 0. The van der Waals surface area contributed by atoms with E-state index < -0.39 is 0 Å². The minimum Gasteiger partial charge on any atom is -0.354 e. The van der Waals surface area contributed by atoms with Gasteiger partial charge in [-0.2, -0.15) is 15.8 Å². The van der Waals surface area contributed by atoms with Crippen LogP contribution in [-0.2, 0) is 0 Å². The average molecular weight is 229 g/mol. The van der Waals surface area contributed by atoms with Gasteiger partial charge in [0, 0.05) is 20.3 Å². The fraction of sp³-hybridized carbons (Fsp3) is 0.200. The zero-order chi connectivity index (χ0) is 12.1. The normalized spacial score (nSPS) is 8.44. The van der Waals surface area contributed by atoms with Gasteiger partial charge in [0.2, 0.25) is 0 Å². The first-order valence-corrected chi connectivity index (χ1v) is 5.03. The van der Waals surface area contributed by atoms with Gasteiger partial charge in [-0.1, -0.05) is 11.3 Å². The molecule has 0 unspecified atom stereocenters. The molecule has 0 radical (unpaired) electrons. The number of nitrogens with zero attached hydrogens (tertiary/aromatic N) is 5. The van der Waals surface area contributed by atoms with Crippen LogP contribution in [0.15, 0.2) is 11.8 Å². The van der Waals surface area contributed by atoms with Crippen molar-refractivity contribution in [1.29, 1.82) is 15.8 Å². The van der Waals surface area contributed by atoms with Gasteiger partial charge in [-0.15, -0.1) is 0 Å². The van der Waals surface area contributed by atoms with Crippen LogP contribution in [0.1, 0.15) is 4.88 Å². The topological polar surface area (TPSA) is 87.5 Å². The molecule has 0 fully saturated rings. The Morgan fingerprint density at radius 1 is 1.25 bits per heavy atom. The molecule has 0 saturated carbocycles. The Kier molecular flexibility index (Phi) is 3.61. The number of rotatable bonds is 2. The molecule has 0 N–H and O–H groups in total. The third-order valence-corrected chi connectivity index (χ3v) is 2.89. The maximum Gasteiger partial charge on any atom is 0.185 e. The lowest BCUT2D eigenvalue weighted by Crippen LogP contribution is -2.07. The molecule has 0 aliphatic carbocycles. The van der Waals surface area contributed by atoms with Gasteiger partial charge in [-0.05, 0) is 0 Å². The lowest BCUT2D eigenvalue weighted by atomic mass is 10.1. The van der Waals surface area contributed by atoms with Crippen molar-refractivity contribution in [3.05, 3.63) is 16.6 Å². The largest absolute Gasteiger partial charge is 0.354 e. The van der Waals surface area contributed by atoms with Crippen molar-refractivity contribution in [3.8, 4) is 18.2 Å². The van der Waals surface area contributed by atoms with Crippen molar-refractivity contribution in [2.24, 2.45) is 0 Å². The summed E-state index contributed by atoms with van der Waals surface area (Å²) in [6, 6.07) is 5.26. The second-order valence-electron chi connectivity index (χ2n) is 2.99. The highest BCUT2D eigenvalue weighted by molar-refractivity contribution is 7.16. The lowest BCUT2D eigenvalue weighted by molar-refractivity contribution is 1.10. The molecule has 16 heavy (non-hydrogen) atoms. The van der Waals surface area contributed by atoms with Crippen LogP contribution in [0, 0.1) is 34.0 Å². The lowest BCUT2D eigenvalue weighted by Gasteiger charge is -2.04. The van der Waals surface area contributed by atoms with Crippen LogP contribution in [0.3, 0.4) is 0 Å². The molecular weight excluding hydrogens is 222 g/mol. The van der Waals surface area contributed by atoms with Gasteiger partial charge in [-0.3, -0.25) is 0 Å². The number of thiazole rings is 1. The number of anilines is 1. The minimum absolute atomic E-state index is 0.0793. The summed E-state index contributed by atoms with van der Waals surface area (Å²) in [7, 11) is 3.65. The molecular formula is C10H7N5S. The van der Waals surface area contributed by atoms with Gasteiger partial charge in [0.1, 0.15) is 23.8 Å². The molecule has 0 amide bonds. The smallest absolute Gasteiger partial charge is 0.185 e. The monoisotopic (exact) mass is 229 g/mol. The third kappa shape index (κ3) is 2.17. The second-order valence-corrected chi connectivity index (χ2v) is 4.00. The maximum atomic E-state index is 8.92. The van der Waals surface area contributed by atoms with Crippen molar-refractivity contribution in [3.63, 3.8) is 0 Å². The highest BCUT2D eigenvalue weighted by Gasteiger charge is 2.13. The Hall–Kier alpha value is -2.36. The standard InChI is InChI=1S/C10H7N5S/c1-15(2)10-14-6-9(16-10)8(5-13)7(3-11)4-12/h6H,1-2H3. The van der Waals surface area contributed by atoms with Gasteiger partial charge in [0.25, 0.3) is 0 Å². The highest BCUT2D eigenvalue weighted by Crippen LogP contribution is 2.28. The molecule has 1 heterocycles. The summed E-state index contributed by atoms with van der Waals surface area (Å²) < 4.78 is 0. The van der Waals surface area contributed by atoms with E-state index >= 15 is 0 Å². The Morgan fingerprint density at radius 3 is 2.25 bits per heavy atom. The van der Waals surface area contributed by atoms with Crippen LogP contribution in [-0.4, -0.2) is 19.1 Å². The maximum absolute atomic E-state index is 8.92. The van der Waals surface area contributed by atoms with Crippen LogP contribution < -0.4 is 4.90 Å². The summed E-state index contributed by atoms with van der Waals surface area (Å²) >= 11 is 1.26. The number of hydrogen-bond donors (Lipinski definition) is 0. The molecule has 1 aromatic rings. The predicted molar refractivity (Wildman–Crippen MR) is 60.2 cm³/mol. The first-order valence-electron chi connectivity index (χ1n) is 4.22. The zero-order valence-corrected chi connectivity index (χ0v) is 9.54. The zero-order valence-electron chi connectivity index (χ0n) is 8.72. The van der Waals surface area contributed by atoms with Crippen molar-refractivity contribution >= 4 is 22.0 Å². The summed E-state index contributed by atoms with van der Waals surface area (Å²) in [6.07, 6.45) is 1.49. The Balaban J connectivity index is 3.29. The molecule has 0 aromatic carbocycles. The van der Waals surface area contributed by atoms with E-state index in [1.165, 1.54) is 17.5 Å².